The normalized spacial score (nSPS) is 18.2. The summed E-state index contributed by atoms with van der Waals surface area (Å²) in [7, 11) is -4.00. The Morgan fingerprint density at radius 3 is 2.31 bits per heavy atom. The summed E-state index contributed by atoms with van der Waals surface area (Å²) in [6, 6.07) is 9.41. The molecule has 2 aliphatic heterocycles. The Kier molecular flexibility index (Phi) is 5.55. The second-order valence-electron chi connectivity index (χ2n) is 6.93. The number of carbonyl (C=O) groups is 1. The summed E-state index contributed by atoms with van der Waals surface area (Å²) in [5.74, 6) is -0.490. The standard InChI is InChI=1S/C20H17Cl3N2O3S/c21-13-4-7-18-17(10-13)25(14-5-6-15(22)16(23)11-14)12-19(29(18,27)28)20(26)24-8-2-1-3-9-24/h4-7,10-12H,1-3,8-9H2. The molecule has 0 atom stereocenters. The maximum Gasteiger partial charge on any atom is 0.267 e. The molecule has 5 nitrogen and oxygen atoms in total. The fourth-order valence-electron chi connectivity index (χ4n) is 3.55. The number of sulfone groups is 1. The van der Waals surface area contributed by atoms with Gasteiger partial charge in [-0.05, 0) is 55.7 Å². The molecular weight excluding hydrogens is 455 g/mol. The van der Waals surface area contributed by atoms with E-state index in [0.29, 0.717) is 39.5 Å². The molecule has 2 aromatic carbocycles. The number of anilines is 2. The second-order valence-corrected chi connectivity index (χ2v) is 10.1. The predicted molar refractivity (Wildman–Crippen MR) is 116 cm³/mol. The highest BCUT2D eigenvalue weighted by molar-refractivity contribution is 7.96. The summed E-state index contributed by atoms with van der Waals surface area (Å²) in [6.45, 7) is 1.10. The molecule has 0 bridgehead atoms. The SMILES string of the molecule is O=C(C1=CN(c2ccc(Cl)c(Cl)c2)c2cc(Cl)ccc2S1(=O)=O)N1CCCCC1. The highest BCUT2D eigenvalue weighted by atomic mass is 35.5. The highest BCUT2D eigenvalue weighted by Gasteiger charge is 2.38. The van der Waals surface area contributed by atoms with Crippen LogP contribution in [0.2, 0.25) is 15.1 Å². The van der Waals surface area contributed by atoms with E-state index in [4.69, 9.17) is 34.8 Å². The summed E-state index contributed by atoms with van der Waals surface area (Å²) in [6.07, 6.45) is 4.11. The van der Waals surface area contributed by atoms with Gasteiger partial charge >= 0.3 is 0 Å². The molecular formula is C20H17Cl3N2O3S. The molecule has 0 N–H and O–H groups in total. The topological polar surface area (TPSA) is 57.7 Å². The monoisotopic (exact) mass is 470 g/mol. The number of likely N-dealkylation sites (tertiary alicyclic amines) is 1. The molecule has 0 aliphatic carbocycles. The van der Waals surface area contributed by atoms with Gasteiger partial charge in [-0.3, -0.25) is 4.79 Å². The van der Waals surface area contributed by atoms with Crippen molar-refractivity contribution >= 4 is 61.9 Å². The van der Waals surface area contributed by atoms with Crippen LogP contribution in [-0.2, 0) is 14.6 Å². The smallest absolute Gasteiger partial charge is 0.267 e. The van der Waals surface area contributed by atoms with E-state index in [-0.39, 0.29) is 9.80 Å². The quantitative estimate of drug-likeness (QED) is 0.586. The Labute approximate surface area is 184 Å². The fourth-order valence-corrected chi connectivity index (χ4v) is 5.53. The zero-order valence-corrected chi connectivity index (χ0v) is 18.3. The van der Waals surface area contributed by atoms with Gasteiger partial charge in [-0.1, -0.05) is 34.8 Å². The Hall–Kier alpha value is -1.73. The number of rotatable bonds is 2. The minimum absolute atomic E-state index is 0.0239. The number of benzene rings is 2. The average molecular weight is 472 g/mol. The van der Waals surface area contributed by atoms with E-state index in [9.17, 15) is 13.2 Å². The molecule has 1 fully saturated rings. The maximum atomic E-state index is 13.3. The third-order valence-corrected chi connectivity index (χ3v) is 7.80. The van der Waals surface area contributed by atoms with Crippen LogP contribution in [0.3, 0.4) is 0 Å². The van der Waals surface area contributed by atoms with Crippen LogP contribution in [0.5, 0.6) is 0 Å². The molecule has 4 rings (SSSR count). The molecule has 152 valence electrons. The highest BCUT2D eigenvalue weighted by Crippen LogP contribution is 2.42. The number of fused-ring (bicyclic) bond motifs is 1. The van der Waals surface area contributed by atoms with Crippen molar-refractivity contribution in [2.24, 2.45) is 0 Å². The zero-order chi connectivity index (χ0) is 20.8. The first-order valence-electron chi connectivity index (χ1n) is 9.09. The van der Waals surface area contributed by atoms with E-state index in [0.717, 1.165) is 19.3 Å². The van der Waals surface area contributed by atoms with Crippen molar-refractivity contribution in [3.63, 3.8) is 0 Å². The van der Waals surface area contributed by atoms with Crippen LogP contribution in [-0.4, -0.2) is 32.3 Å². The van der Waals surface area contributed by atoms with Crippen molar-refractivity contribution in [2.75, 3.05) is 18.0 Å². The summed E-state index contributed by atoms with van der Waals surface area (Å²) >= 11 is 18.3. The number of hydrogen-bond donors (Lipinski definition) is 0. The molecule has 1 saturated heterocycles. The van der Waals surface area contributed by atoms with Crippen LogP contribution < -0.4 is 4.90 Å². The molecule has 29 heavy (non-hydrogen) atoms. The summed E-state index contributed by atoms with van der Waals surface area (Å²) in [5.41, 5.74) is 0.924. The van der Waals surface area contributed by atoms with Gasteiger partial charge in [-0.25, -0.2) is 8.42 Å². The van der Waals surface area contributed by atoms with Crippen LogP contribution in [0, 0.1) is 0 Å². The van der Waals surface area contributed by atoms with Gasteiger partial charge in [0.15, 0.2) is 4.91 Å². The Bertz CT molecular complexity index is 1130. The van der Waals surface area contributed by atoms with Crippen LogP contribution in [0.4, 0.5) is 11.4 Å². The van der Waals surface area contributed by atoms with Gasteiger partial charge in [-0.15, -0.1) is 0 Å². The molecule has 2 aromatic rings. The largest absolute Gasteiger partial charge is 0.338 e. The third-order valence-electron chi connectivity index (χ3n) is 5.04. The van der Waals surface area contributed by atoms with Crippen molar-refractivity contribution in [1.29, 1.82) is 0 Å². The van der Waals surface area contributed by atoms with Gasteiger partial charge in [0, 0.05) is 30.0 Å². The lowest BCUT2D eigenvalue weighted by atomic mass is 10.1. The number of nitrogens with zero attached hydrogens (tertiary/aromatic N) is 2. The van der Waals surface area contributed by atoms with E-state index in [1.807, 2.05) is 0 Å². The Morgan fingerprint density at radius 1 is 0.897 bits per heavy atom. The van der Waals surface area contributed by atoms with Crippen LogP contribution >= 0.6 is 34.8 Å². The molecule has 0 unspecified atom stereocenters. The van der Waals surface area contributed by atoms with E-state index in [2.05, 4.69) is 0 Å². The Balaban J connectivity index is 1.89. The van der Waals surface area contributed by atoms with Gasteiger partial charge in [0.05, 0.1) is 20.6 Å². The molecule has 2 heterocycles. The lowest BCUT2D eigenvalue weighted by Gasteiger charge is -2.32. The van der Waals surface area contributed by atoms with Crippen molar-refractivity contribution in [1.82, 2.24) is 4.90 Å². The van der Waals surface area contributed by atoms with Gasteiger partial charge < -0.3 is 9.80 Å². The summed E-state index contributed by atoms with van der Waals surface area (Å²) in [5, 5.41) is 1.07. The van der Waals surface area contributed by atoms with Gasteiger partial charge in [-0.2, -0.15) is 0 Å². The lowest BCUT2D eigenvalue weighted by molar-refractivity contribution is -0.127. The summed E-state index contributed by atoms with van der Waals surface area (Å²) in [4.78, 5) is 16.1. The average Bonchev–Trinajstić information content (AvgIpc) is 2.70. The third kappa shape index (κ3) is 3.75. The molecule has 9 heteroatoms. The van der Waals surface area contributed by atoms with E-state index < -0.39 is 15.7 Å². The van der Waals surface area contributed by atoms with Crippen molar-refractivity contribution < 1.29 is 13.2 Å². The minimum Gasteiger partial charge on any atom is -0.338 e. The van der Waals surface area contributed by atoms with Crippen molar-refractivity contribution in [3.05, 3.63) is 62.6 Å². The minimum atomic E-state index is -4.00. The Morgan fingerprint density at radius 2 is 1.62 bits per heavy atom. The van der Waals surface area contributed by atoms with Crippen molar-refractivity contribution in [3.8, 4) is 0 Å². The van der Waals surface area contributed by atoms with Crippen LogP contribution in [0.25, 0.3) is 0 Å². The number of carbonyl (C=O) groups excluding carboxylic acids is 1. The number of hydrogen-bond acceptors (Lipinski definition) is 4. The number of amides is 1. The van der Waals surface area contributed by atoms with E-state index in [1.165, 1.54) is 18.3 Å². The van der Waals surface area contributed by atoms with Gasteiger partial charge in [0.1, 0.15) is 0 Å². The van der Waals surface area contributed by atoms with Gasteiger partial charge in [0.2, 0.25) is 9.84 Å². The number of piperidine rings is 1. The zero-order valence-electron chi connectivity index (χ0n) is 15.2. The van der Waals surface area contributed by atoms with Crippen molar-refractivity contribution in [2.45, 2.75) is 24.2 Å². The molecule has 0 spiro atoms. The van der Waals surface area contributed by atoms with Crippen LogP contribution in [0.1, 0.15) is 19.3 Å². The first kappa shape index (κ1) is 20.5. The predicted octanol–water partition coefficient (Wildman–Crippen LogP) is 5.43. The first-order valence-corrected chi connectivity index (χ1v) is 11.7. The molecule has 1 amide bonds. The molecule has 0 radical (unpaired) electrons. The molecule has 0 aromatic heterocycles. The molecule has 2 aliphatic rings. The van der Waals surface area contributed by atoms with Gasteiger partial charge in [0.25, 0.3) is 5.91 Å². The number of halogens is 3. The lowest BCUT2D eigenvalue weighted by Crippen LogP contribution is -2.39. The molecule has 0 saturated carbocycles. The first-order chi connectivity index (χ1) is 13.8. The maximum absolute atomic E-state index is 13.3. The van der Waals surface area contributed by atoms with E-state index >= 15 is 0 Å². The van der Waals surface area contributed by atoms with E-state index in [1.54, 1.807) is 34.1 Å². The second kappa shape index (κ2) is 7.84. The fraction of sp³-hybridized carbons (Fsp3) is 0.250. The van der Waals surface area contributed by atoms with Crippen LogP contribution in [0.15, 0.2) is 52.4 Å². The summed E-state index contributed by atoms with van der Waals surface area (Å²) < 4.78 is 26.5.